The van der Waals surface area contributed by atoms with E-state index in [9.17, 15) is 10.1 Å². The Morgan fingerprint density at radius 3 is 2.90 bits per heavy atom. The summed E-state index contributed by atoms with van der Waals surface area (Å²) in [4.78, 5) is 19.4. The van der Waals surface area contributed by atoms with Crippen LogP contribution in [0.2, 0.25) is 0 Å². The van der Waals surface area contributed by atoms with Crippen LogP contribution < -0.4 is 10.5 Å². The second kappa shape index (κ2) is 4.98. The van der Waals surface area contributed by atoms with Crippen molar-refractivity contribution in [3.63, 3.8) is 0 Å². The van der Waals surface area contributed by atoms with Gasteiger partial charge in [0.1, 0.15) is 4.83 Å². The molecular formula is C13H10N4O3S. The molecule has 0 radical (unpaired) electrons. The standard InChI is InChI=1S/C13H10N4O3S/c1-7-2-3-9(17(18)19)10(6-7)20-11-8-4-5-21-12(8)16-13(14)15-11/h2-6H,1H3,(H2,14,15,16). The SMILES string of the molecule is Cc1ccc([N+](=O)[O-])c(Oc2nc(N)nc3sccc23)c1. The number of thiophene rings is 1. The molecule has 8 heteroatoms. The molecule has 2 N–H and O–H groups in total. The summed E-state index contributed by atoms with van der Waals surface area (Å²) < 4.78 is 5.64. The van der Waals surface area contributed by atoms with Crippen molar-refractivity contribution in [1.29, 1.82) is 0 Å². The van der Waals surface area contributed by atoms with E-state index in [0.717, 1.165) is 5.56 Å². The number of nitro benzene ring substituents is 1. The topological polar surface area (TPSA) is 104 Å². The van der Waals surface area contributed by atoms with Crippen LogP contribution in [0.3, 0.4) is 0 Å². The lowest BCUT2D eigenvalue weighted by Crippen LogP contribution is -1.99. The minimum absolute atomic E-state index is 0.0651. The van der Waals surface area contributed by atoms with E-state index in [4.69, 9.17) is 10.5 Å². The van der Waals surface area contributed by atoms with E-state index < -0.39 is 4.92 Å². The maximum Gasteiger partial charge on any atom is 0.311 e. The van der Waals surface area contributed by atoms with Gasteiger partial charge in [-0.1, -0.05) is 6.07 Å². The molecular weight excluding hydrogens is 292 g/mol. The van der Waals surface area contributed by atoms with Gasteiger partial charge in [0.05, 0.1) is 10.3 Å². The van der Waals surface area contributed by atoms with E-state index in [1.165, 1.54) is 17.4 Å². The molecule has 21 heavy (non-hydrogen) atoms. The van der Waals surface area contributed by atoms with Gasteiger partial charge in [-0.3, -0.25) is 10.1 Å². The summed E-state index contributed by atoms with van der Waals surface area (Å²) in [6, 6.07) is 6.44. The summed E-state index contributed by atoms with van der Waals surface area (Å²) in [6.45, 7) is 1.82. The number of nitrogen functional groups attached to an aromatic ring is 1. The van der Waals surface area contributed by atoms with E-state index >= 15 is 0 Å². The number of aryl methyl sites for hydroxylation is 1. The van der Waals surface area contributed by atoms with Gasteiger partial charge in [0, 0.05) is 6.07 Å². The summed E-state index contributed by atoms with van der Waals surface area (Å²) in [5.41, 5.74) is 6.36. The highest BCUT2D eigenvalue weighted by Gasteiger charge is 2.18. The van der Waals surface area contributed by atoms with Gasteiger partial charge in [0.2, 0.25) is 17.6 Å². The lowest BCUT2D eigenvalue weighted by atomic mass is 10.2. The van der Waals surface area contributed by atoms with Gasteiger partial charge in [0.25, 0.3) is 0 Å². The van der Waals surface area contributed by atoms with Crippen molar-refractivity contribution < 1.29 is 9.66 Å². The Kier molecular flexibility index (Phi) is 3.15. The number of benzene rings is 1. The average molecular weight is 302 g/mol. The summed E-state index contributed by atoms with van der Waals surface area (Å²) in [5.74, 6) is 0.410. The first-order valence-corrected chi connectivity index (χ1v) is 6.86. The predicted octanol–water partition coefficient (Wildman–Crippen LogP) is 3.28. The third kappa shape index (κ3) is 2.48. The maximum atomic E-state index is 11.1. The first kappa shape index (κ1) is 13.3. The average Bonchev–Trinajstić information content (AvgIpc) is 2.86. The minimum atomic E-state index is -0.496. The Balaban J connectivity index is 2.12. The molecule has 0 unspecified atom stereocenters. The second-order valence-corrected chi connectivity index (χ2v) is 5.25. The molecule has 7 nitrogen and oxygen atoms in total. The highest BCUT2D eigenvalue weighted by atomic mass is 32.1. The highest BCUT2D eigenvalue weighted by molar-refractivity contribution is 7.16. The number of nitrogens with two attached hydrogens (primary N) is 1. The molecule has 0 aliphatic carbocycles. The Morgan fingerprint density at radius 2 is 2.14 bits per heavy atom. The van der Waals surface area contributed by atoms with Crippen LogP contribution in [0.15, 0.2) is 29.6 Å². The monoisotopic (exact) mass is 302 g/mol. The van der Waals surface area contributed by atoms with E-state index in [2.05, 4.69) is 9.97 Å². The summed E-state index contributed by atoms with van der Waals surface area (Å²) in [5, 5.41) is 13.6. The number of fused-ring (bicyclic) bond motifs is 1. The Labute approximate surface area is 123 Å². The largest absolute Gasteiger partial charge is 0.431 e. The van der Waals surface area contributed by atoms with Crippen molar-refractivity contribution in [2.75, 3.05) is 5.73 Å². The van der Waals surface area contributed by atoms with Gasteiger partial charge >= 0.3 is 5.69 Å². The lowest BCUT2D eigenvalue weighted by molar-refractivity contribution is -0.385. The van der Waals surface area contributed by atoms with Gasteiger partial charge in [-0.05, 0) is 30.0 Å². The molecule has 0 amide bonds. The number of ether oxygens (including phenoxy) is 1. The van der Waals surface area contributed by atoms with Crippen molar-refractivity contribution in [3.8, 4) is 11.6 Å². The molecule has 0 saturated carbocycles. The van der Waals surface area contributed by atoms with E-state index in [0.29, 0.717) is 10.2 Å². The zero-order valence-corrected chi connectivity index (χ0v) is 11.8. The van der Waals surface area contributed by atoms with Crippen LogP contribution in [-0.2, 0) is 0 Å². The van der Waals surface area contributed by atoms with E-state index in [-0.39, 0.29) is 23.3 Å². The van der Waals surface area contributed by atoms with Crippen molar-refractivity contribution in [3.05, 3.63) is 45.3 Å². The number of hydrogen-bond donors (Lipinski definition) is 1. The predicted molar refractivity (Wildman–Crippen MR) is 79.7 cm³/mol. The number of hydrogen-bond acceptors (Lipinski definition) is 7. The maximum absolute atomic E-state index is 11.1. The molecule has 106 valence electrons. The molecule has 0 saturated heterocycles. The Morgan fingerprint density at radius 1 is 1.33 bits per heavy atom. The smallest absolute Gasteiger partial charge is 0.311 e. The normalized spacial score (nSPS) is 10.7. The number of nitro groups is 1. The molecule has 3 rings (SSSR count). The zero-order chi connectivity index (χ0) is 15.0. The van der Waals surface area contributed by atoms with Crippen LogP contribution in [0, 0.1) is 17.0 Å². The molecule has 0 spiro atoms. The first-order chi connectivity index (χ1) is 10.0. The molecule has 2 aromatic heterocycles. The van der Waals surface area contributed by atoms with Gasteiger partial charge < -0.3 is 10.5 Å². The Hall–Kier alpha value is -2.74. The van der Waals surface area contributed by atoms with Crippen LogP contribution in [0.1, 0.15) is 5.56 Å². The fourth-order valence-corrected chi connectivity index (χ4v) is 2.64. The number of aromatic nitrogens is 2. The molecule has 0 fully saturated rings. The molecule has 2 heterocycles. The van der Waals surface area contributed by atoms with Gasteiger partial charge in [-0.25, -0.2) is 4.98 Å². The van der Waals surface area contributed by atoms with E-state index in [1.807, 2.05) is 12.3 Å². The molecule has 0 aliphatic rings. The minimum Gasteiger partial charge on any atom is -0.431 e. The number of anilines is 1. The van der Waals surface area contributed by atoms with Crippen molar-refractivity contribution in [2.24, 2.45) is 0 Å². The Bertz CT molecular complexity index is 847. The van der Waals surface area contributed by atoms with Gasteiger partial charge in [0.15, 0.2) is 0 Å². The molecule has 3 aromatic rings. The summed E-state index contributed by atoms with van der Waals surface area (Å²) in [7, 11) is 0. The van der Waals surface area contributed by atoms with Gasteiger partial charge in [-0.2, -0.15) is 4.98 Å². The fraction of sp³-hybridized carbons (Fsp3) is 0.0769. The quantitative estimate of drug-likeness (QED) is 0.588. The lowest BCUT2D eigenvalue weighted by Gasteiger charge is -2.07. The van der Waals surface area contributed by atoms with Crippen molar-refractivity contribution in [1.82, 2.24) is 9.97 Å². The molecule has 0 atom stereocenters. The summed E-state index contributed by atoms with van der Waals surface area (Å²) in [6.07, 6.45) is 0. The molecule has 0 aliphatic heterocycles. The molecule has 0 bridgehead atoms. The van der Waals surface area contributed by atoms with Crippen LogP contribution >= 0.6 is 11.3 Å². The van der Waals surface area contributed by atoms with Gasteiger partial charge in [-0.15, -0.1) is 11.3 Å². The third-order valence-corrected chi connectivity index (χ3v) is 3.63. The van der Waals surface area contributed by atoms with E-state index in [1.54, 1.807) is 18.2 Å². The second-order valence-electron chi connectivity index (χ2n) is 4.36. The number of nitrogens with zero attached hydrogens (tertiary/aromatic N) is 3. The van der Waals surface area contributed by atoms with Crippen molar-refractivity contribution in [2.45, 2.75) is 6.92 Å². The van der Waals surface area contributed by atoms with Crippen molar-refractivity contribution >= 4 is 33.2 Å². The van der Waals surface area contributed by atoms with Crippen LogP contribution in [0.4, 0.5) is 11.6 Å². The third-order valence-electron chi connectivity index (χ3n) is 2.83. The van der Waals surface area contributed by atoms with Crippen LogP contribution in [-0.4, -0.2) is 14.9 Å². The summed E-state index contributed by atoms with van der Waals surface area (Å²) >= 11 is 1.39. The fourth-order valence-electron chi connectivity index (χ4n) is 1.88. The first-order valence-electron chi connectivity index (χ1n) is 5.98. The van der Waals surface area contributed by atoms with Crippen LogP contribution in [0.5, 0.6) is 11.6 Å². The highest BCUT2D eigenvalue weighted by Crippen LogP contribution is 2.35. The van der Waals surface area contributed by atoms with Crippen LogP contribution in [0.25, 0.3) is 10.2 Å². The molecule has 1 aromatic carbocycles. The number of rotatable bonds is 3. The zero-order valence-electron chi connectivity index (χ0n) is 10.9.